The number of nitrogens with one attached hydrogen (secondary N) is 2. The second-order valence-corrected chi connectivity index (χ2v) is 5.21. The molecule has 0 radical (unpaired) electrons. The van der Waals surface area contributed by atoms with E-state index in [0.29, 0.717) is 25.7 Å². The topological polar surface area (TPSA) is 95.5 Å². The van der Waals surface area contributed by atoms with Crippen LogP contribution in [0, 0.1) is 0 Å². The van der Waals surface area contributed by atoms with Crippen molar-refractivity contribution in [3.63, 3.8) is 0 Å². The lowest BCUT2D eigenvalue weighted by atomic mass is 9.92. The van der Waals surface area contributed by atoms with Crippen LogP contribution >= 0.6 is 0 Å². The SMILES string of the molecule is O=C(O)CC1(NC(=O)[C@H]2CCC(=O)N2)CCCC1. The molecular weight excluding hydrogens is 236 g/mol. The normalized spacial score (nSPS) is 25.8. The first kappa shape index (κ1) is 12.9. The van der Waals surface area contributed by atoms with Gasteiger partial charge in [0, 0.05) is 6.42 Å². The van der Waals surface area contributed by atoms with Crippen LogP contribution in [0.15, 0.2) is 0 Å². The van der Waals surface area contributed by atoms with Crippen molar-refractivity contribution in [2.24, 2.45) is 0 Å². The molecule has 2 aliphatic rings. The van der Waals surface area contributed by atoms with E-state index in [4.69, 9.17) is 5.11 Å². The summed E-state index contributed by atoms with van der Waals surface area (Å²) in [5, 5.41) is 14.4. The van der Waals surface area contributed by atoms with Gasteiger partial charge in [-0.05, 0) is 19.3 Å². The van der Waals surface area contributed by atoms with Crippen molar-refractivity contribution in [3.05, 3.63) is 0 Å². The van der Waals surface area contributed by atoms with E-state index in [-0.39, 0.29) is 18.2 Å². The number of hydrogen-bond acceptors (Lipinski definition) is 3. The molecule has 1 saturated carbocycles. The minimum absolute atomic E-state index is 0.0423. The average molecular weight is 254 g/mol. The lowest BCUT2D eigenvalue weighted by Gasteiger charge is -2.30. The number of carboxylic acid groups (broad SMARTS) is 1. The molecule has 6 nitrogen and oxygen atoms in total. The van der Waals surface area contributed by atoms with E-state index in [1.54, 1.807) is 0 Å². The Bertz CT molecular complexity index is 374. The van der Waals surface area contributed by atoms with Crippen molar-refractivity contribution in [1.29, 1.82) is 0 Å². The van der Waals surface area contributed by atoms with Gasteiger partial charge in [0.25, 0.3) is 0 Å². The van der Waals surface area contributed by atoms with Gasteiger partial charge < -0.3 is 15.7 Å². The Hall–Kier alpha value is -1.59. The molecule has 0 aromatic rings. The average Bonchev–Trinajstić information content (AvgIpc) is 2.87. The Kier molecular flexibility index (Phi) is 3.54. The Morgan fingerprint density at radius 2 is 2.06 bits per heavy atom. The molecule has 3 N–H and O–H groups in total. The zero-order valence-electron chi connectivity index (χ0n) is 10.2. The highest BCUT2D eigenvalue weighted by molar-refractivity contribution is 5.91. The first-order valence-corrected chi connectivity index (χ1v) is 6.34. The number of aliphatic carboxylic acids is 1. The van der Waals surface area contributed by atoms with Gasteiger partial charge in [-0.3, -0.25) is 14.4 Å². The van der Waals surface area contributed by atoms with Crippen LogP contribution in [0.1, 0.15) is 44.9 Å². The monoisotopic (exact) mass is 254 g/mol. The molecule has 2 fully saturated rings. The van der Waals surface area contributed by atoms with Gasteiger partial charge in [0.2, 0.25) is 11.8 Å². The first-order chi connectivity index (χ1) is 8.51. The highest BCUT2D eigenvalue weighted by atomic mass is 16.4. The molecular formula is C12H18N2O4. The van der Waals surface area contributed by atoms with Crippen molar-refractivity contribution >= 4 is 17.8 Å². The Labute approximate surface area is 105 Å². The quantitative estimate of drug-likeness (QED) is 0.666. The predicted molar refractivity (Wildman–Crippen MR) is 62.8 cm³/mol. The maximum absolute atomic E-state index is 12.0. The standard InChI is InChI=1S/C12H18N2O4/c15-9-4-3-8(13-9)11(18)14-12(7-10(16)17)5-1-2-6-12/h8H,1-7H2,(H,13,15)(H,14,18)(H,16,17)/t8-/m1/s1. The molecule has 18 heavy (non-hydrogen) atoms. The first-order valence-electron chi connectivity index (χ1n) is 6.34. The summed E-state index contributed by atoms with van der Waals surface area (Å²) in [6.45, 7) is 0. The third-order valence-corrected chi connectivity index (χ3v) is 3.75. The molecule has 1 atom stereocenters. The van der Waals surface area contributed by atoms with Gasteiger partial charge in [-0.15, -0.1) is 0 Å². The molecule has 1 heterocycles. The van der Waals surface area contributed by atoms with Crippen LogP contribution in [0.3, 0.4) is 0 Å². The van der Waals surface area contributed by atoms with Crippen LogP contribution in [0.5, 0.6) is 0 Å². The molecule has 2 amide bonds. The number of hydrogen-bond donors (Lipinski definition) is 3. The summed E-state index contributed by atoms with van der Waals surface area (Å²) in [6, 6.07) is -0.497. The highest BCUT2D eigenvalue weighted by Gasteiger charge is 2.39. The fraction of sp³-hybridized carbons (Fsp3) is 0.750. The summed E-state index contributed by atoms with van der Waals surface area (Å²) >= 11 is 0. The lowest BCUT2D eigenvalue weighted by Crippen LogP contribution is -2.53. The summed E-state index contributed by atoms with van der Waals surface area (Å²) in [7, 11) is 0. The minimum Gasteiger partial charge on any atom is -0.481 e. The molecule has 1 aliphatic carbocycles. The van der Waals surface area contributed by atoms with E-state index in [1.165, 1.54) is 0 Å². The smallest absolute Gasteiger partial charge is 0.305 e. The number of carboxylic acids is 1. The van der Waals surface area contributed by atoms with Crippen molar-refractivity contribution < 1.29 is 19.5 Å². The second-order valence-electron chi connectivity index (χ2n) is 5.21. The third-order valence-electron chi connectivity index (χ3n) is 3.75. The minimum atomic E-state index is -0.896. The van der Waals surface area contributed by atoms with Gasteiger partial charge in [-0.1, -0.05) is 12.8 Å². The van der Waals surface area contributed by atoms with Gasteiger partial charge in [0.15, 0.2) is 0 Å². The zero-order valence-corrected chi connectivity index (χ0v) is 10.2. The van der Waals surface area contributed by atoms with Gasteiger partial charge in [0.05, 0.1) is 12.0 Å². The number of rotatable bonds is 4. The fourth-order valence-electron chi connectivity index (χ4n) is 2.85. The molecule has 0 unspecified atom stereocenters. The van der Waals surface area contributed by atoms with E-state index < -0.39 is 17.6 Å². The molecule has 0 bridgehead atoms. The summed E-state index contributed by atoms with van der Waals surface area (Å²) in [5.74, 6) is -1.26. The lowest BCUT2D eigenvalue weighted by molar-refractivity contribution is -0.139. The van der Waals surface area contributed by atoms with Crippen LogP contribution < -0.4 is 10.6 Å². The molecule has 0 spiro atoms. The van der Waals surface area contributed by atoms with Crippen molar-refractivity contribution in [3.8, 4) is 0 Å². The van der Waals surface area contributed by atoms with E-state index >= 15 is 0 Å². The predicted octanol–water partition coefficient (Wildman–Crippen LogP) is 0.169. The third kappa shape index (κ3) is 2.80. The van der Waals surface area contributed by atoms with E-state index in [1.807, 2.05) is 0 Å². The Morgan fingerprint density at radius 3 is 2.56 bits per heavy atom. The van der Waals surface area contributed by atoms with Gasteiger partial charge in [-0.2, -0.15) is 0 Å². The van der Waals surface area contributed by atoms with Crippen LogP contribution in [-0.2, 0) is 14.4 Å². The molecule has 1 saturated heterocycles. The summed E-state index contributed by atoms with van der Waals surface area (Å²) in [4.78, 5) is 34.0. The van der Waals surface area contributed by atoms with Gasteiger partial charge >= 0.3 is 5.97 Å². The number of carbonyl (C=O) groups is 3. The molecule has 6 heteroatoms. The molecule has 2 rings (SSSR count). The molecule has 100 valence electrons. The van der Waals surface area contributed by atoms with Crippen molar-refractivity contribution in [2.75, 3.05) is 0 Å². The molecule has 0 aromatic heterocycles. The largest absolute Gasteiger partial charge is 0.481 e. The Balaban J connectivity index is 1.98. The summed E-state index contributed by atoms with van der Waals surface area (Å²) in [5.41, 5.74) is -0.615. The van der Waals surface area contributed by atoms with Crippen LogP contribution in [0.25, 0.3) is 0 Å². The van der Waals surface area contributed by atoms with Crippen molar-refractivity contribution in [1.82, 2.24) is 10.6 Å². The fourth-order valence-corrected chi connectivity index (χ4v) is 2.85. The van der Waals surface area contributed by atoms with Crippen molar-refractivity contribution in [2.45, 2.75) is 56.5 Å². The molecule has 1 aliphatic heterocycles. The maximum atomic E-state index is 12.0. The maximum Gasteiger partial charge on any atom is 0.305 e. The van der Waals surface area contributed by atoms with Crippen LogP contribution in [0.4, 0.5) is 0 Å². The number of carbonyl (C=O) groups excluding carboxylic acids is 2. The van der Waals surface area contributed by atoms with Crippen LogP contribution in [-0.4, -0.2) is 34.5 Å². The van der Waals surface area contributed by atoms with E-state index in [9.17, 15) is 14.4 Å². The highest BCUT2D eigenvalue weighted by Crippen LogP contribution is 2.32. The summed E-state index contributed by atoms with van der Waals surface area (Å²) in [6.07, 6.45) is 4.09. The second kappa shape index (κ2) is 4.96. The molecule has 0 aromatic carbocycles. The van der Waals surface area contributed by atoms with E-state index in [0.717, 1.165) is 12.8 Å². The Morgan fingerprint density at radius 1 is 1.39 bits per heavy atom. The van der Waals surface area contributed by atoms with Crippen LogP contribution in [0.2, 0.25) is 0 Å². The van der Waals surface area contributed by atoms with E-state index in [2.05, 4.69) is 10.6 Å². The van der Waals surface area contributed by atoms with Gasteiger partial charge in [0.1, 0.15) is 6.04 Å². The zero-order chi connectivity index (χ0) is 13.2. The number of amides is 2. The summed E-state index contributed by atoms with van der Waals surface area (Å²) < 4.78 is 0. The van der Waals surface area contributed by atoms with Gasteiger partial charge in [-0.25, -0.2) is 0 Å².